The van der Waals surface area contributed by atoms with Crippen molar-refractivity contribution in [3.63, 3.8) is 0 Å². The largest absolute Gasteiger partial charge is 0.397 e. The van der Waals surface area contributed by atoms with E-state index in [0.29, 0.717) is 5.92 Å². The molecule has 0 aliphatic heterocycles. The number of benzene rings is 1. The Kier molecular flexibility index (Phi) is 3.71. The van der Waals surface area contributed by atoms with Gasteiger partial charge in [-0.05, 0) is 43.4 Å². The van der Waals surface area contributed by atoms with Crippen molar-refractivity contribution in [1.82, 2.24) is 0 Å². The Morgan fingerprint density at radius 2 is 2.25 bits per heavy atom. The Balaban J connectivity index is 1.89. The molecule has 1 saturated carbocycles. The lowest BCUT2D eigenvalue weighted by atomic mass is 10.1. The van der Waals surface area contributed by atoms with Gasteiger partial charge < -0.3 is 16.2 Å². The standard InChI is InChI=1S/C12H17BrN2O/c13-9-2-4-12(11(14)6-9)15-7-8-1-3-10(16)5-8/h2,4,6,8,10,15-16H,1,3,5,7,14H2. The van der Waals surface area contributed by atoms with Crippen LogP contribution in [0.25, 0.3) is 0 Å². The Labute approximate surface area is 104 Å². The van der Waals surface area contributed by atoms with E-state index in [0.717, 1.165) is 41.7 Å². The van der Waals surface area contributed by atoms with Gasteiger partial charge in [0.15, 0.2) is 0 Å². The zero-order valence-corrected chi connectivity index (χ0v) is 10.7. The molecular weight excluding hydrogens is 268 g/mol. The van der Waals surface area contributed by atoms with Crippen LogP contribution in [0.15, 0.2) is 22.7 Å². The summed E-state index contributed by atoms with van der Waals surface area (Å²) < 4.78 is 0.992. The third-order valence-corrected chi connectivity index (χ3v) is 3.60. The first-order valence-corrected chi connectivity index (χ1v) is 6.41. The van der Waals surface area contributed by atoms with Crippen LogP contribution in [0.4, 0.5) is 11.4 Å². The molecule has 2 rings (SSSR count). The number of anilines is 2. The van der Waals surface area contributed by atoms with Crippen LogP contribution in [0.2, 0.25) is 0 Å². The van der Waals surface area contributed by atoms with Crippen molar-refractivity contribution in [2.75, 3.05) is 17.6 Å². The second-order valence-corrected chi connectivity index (χ2v) is 5.36. The van der Waals surface area contributed by atoms with E-state index in [9.17, 15) is 5.11 Å². The van der Waals surface area contributed by atoms with E-state index < -0.39 is 0 Å². The van der Waals surface area contributed by atoms with Gasteiger partial charge in [-0.3, -0.25) is 0 Å². The van der Waals surface area contributed by atoms with Gasteiger partial charge in [-0.15, -0.1) is 0 Å². The summed E-state index contributed by atoms with van der Waals surface area (Å²) in [4.78, 5) is 0. The highest BCUT2D eigenvalue weighted by Crippen LogP contribution is 2.27. The SMILES string of the molecule is Nc1cc(Br)ccc1NCC1CCC(O)C1. The molecule has 88 valence electrons. The van der Waals surface area contributed by atoms with E-state index in [1.165, 1.54) is 0 Å². The molecule has 16 heavy (non-hydrogen) atoms. The summed E-state index contributed by atoms with van der Waals surface area (Å²) in [6.07, 6.45) is 2.84. The molecule has 0 bridgehead atoms. The van der Waals surface area contributed by atoms with Crippen LogP contribution in [0.3, 0.4) is 0 Å². The van der Waals surface area contributed by atoms with Crippen molar-refractivity contribution >= 4 is 27.3 Å². The monoisotopic (exact) mass is 284 g/mol. The smallest absolute Gasteiger partial charge is 0.0574 e. The molecule has 1 aliphatic rings. The molecular formula is C12H17BrN2O. The maximum atomic E-state index is 9.43. The van der Waals surface area contributed by atoms with Gasteiger partial charge in [-0.1, -0.05) is 15.9 Å². The highest BCUT2D eigenvalue weighted by Gasteiger charge is 2.22. The summed E-state index contributed by atoms with van der Waals surface area (Å²) in [6, 6.07) is 5.85. The highest BCUT2D eigenvalue weighted by atomic mass is 79.9. The van der Waals surface area contributed by atoms with Crippen LogP contribution in [-0.4, -0.2) is 17.8 Å². The lowest BCUT2D eigenvalue weighted by molar-refractivity contribution is 0.178. The minimum atomic E-state index is -0.103. The van der Waals surface area contributed by atoms with E-state index in [1.807, 2.05) is 18.2 Å². The summed E-state index contributed by atoms with van der Waals surface area (Å²) in [6.45, 7) is 0.892. The zero-order valence-electron chi connectivity index (χ0n) is 9.12. The summed E-state index contributed by atoms with van der Waals surface area (Å²) in [7, 11) is 0. The molecule has 4 N–H and O–H groups in total. The van der Waals surface area contributed by atoms with Crippen LogP contribution in [-0.2, 0) is 0 Å². The molecule has 1 aromatic rings. The summed E-state index contributed by atoms with van der Waals surface area (Å²) in [5, 5.41) is 12.8. The molecule has 2 unspecified atom stereocenters. The first-order valence-electron chi connectivity index (χ1n) is 5.62. The maximum Gasteiger partial charge on any atom is 0.0574 e. The van der Waals surface area contributed by atoms with Crippen LogP contribution >= 0.6 is 15.9 Å². The molecule has 2 atom stereocenters. The van der Waals surface area contributed by atoms with Gasteiger partial charge in [0.25, 0.3) is 0 Å². The number of aliphatic hydroxyl groups excluding tert-OH is 1. The first-order chi connectivity index (χ1) is 7.65. The normalized spacial score (nSPS) is 24.6. The molecule has 1 aromatic carbocycles. The van der Waals surface area contributed by atoms with Gasteiger partial charge in [-0.25, -0.2) is 0 Å². The number of hydrogen-bond donors (Lipinski definition) is 3. The maximum absolute atomic E-state index is 9.43. The average Bonchev–Trinajstić information content (AvgIpc) is 2.63. The van der Waals surface area contributed by atoms with E-state index in [4.69, 9.17) is 5.73 Å². The fourth-order valence-electron chi connectivity index (χ4n) is 2.18. The number of aliphatic hydroxyl groups is 1. The number of nitrogen functional groups attached to an aromatic ring is 1. The van der Waals surface area contributed by atoms with Crippen LogP contribution < -0.4 is 11.1 Å². The predicted octanol–water partition coefficient (Wildman–Crippen LogP) is 2.60. The van der Waals surface area contributed by atoms with Crippen molar-refractivity contribution < 1.29 is 5.11 Å². The molecule has 0 aromatic heterocycles. The van der Waals surface area contributed by atoms with Crippen molar-refractivity contribution in [2.45, 2.75) is 25.4 Å². The Morgan fingerprint density at radius 1 is 1.44 bits per heavy atom. The molecule has 0 amide bonds. The number of hydrogen-bond acceptors (Lipinski definition) is 3. The Morgan fingerprint density at radius 3 is 2.88 bits per heavy atom. The lowest BCUT2D eigenvalue weighted by Gasteiger charge is -2.13. The van der Waals surface area contributed by atoms with Crippen LogP contribution in [0, 0.1) is 5.92 Å². The number of halogens is 1. The Bertz CT molecular complexity index is 370. The van der Waals surface area contributed by atoms with E-state index >= 15 is 0 Å². The van der Waals surface area contributed by atoms with Crippen LogP contribution in [0.5, 0.6) is 0 Å². The molecule has 3 nitrogen and oxygen atoms in total. The van der Waals surface area contributed by atoms with Gasteiger partial charge in [0.05, 0.1) is 17.5 Å². The zero-order chi connectivity index (χ0) is 11.5. The molecule has 1 aliphatic carbocycles. The van der Waals surface area contributed by atoms with Crippen molar-refractivity contribution in [1.29, 1.82) is 0 Å². The van der Waals surface area contributed by atoms with Crippen molar-refractivity contribution in [2.24, 2.45) is 5.92 Å². The van der Waals surface area contributed by atoms with E-state index in [-0.39, 0.29) is 6.10 Å². The molecule has 0 heterocycles. The highest BCUT2D eigenvalue weighted by molar-refractivity contribution is 9.10. The average molecular weight is 285 g/mol. The topological polar surface area (TPSA) is 58.3 Å². The second kappa shape index (κ2) is 5.06. The number of nitrogens with one attached hydrogen (secondary N) is 1. The summed E-state index contributed by atoms with van der Waals surface area (Å²) in [5.41, 5.74) is 7.63. The molecule has 0 radical (unpaired) electrons. The van der Waals surface area contributed by atoms with Crippen LogP contribution in [0.1, 0.15) is 19.3 Å². The molecule has 0 spiro atoms. The number of rotatable bonds is 3. The third-order valence-electron chi connectivity index (χ3n) is 3.11. The minimum Gasteiger partial charge on any atom is -0.397 e. The summed E-state index contributed by atoms with van der Waals surface area (Å²) >= 11 is 3.38. The quantitative estimate of drug-likeness (QED) is 0.748. The minimum absolute atomic E-state index is 0.103. The van der Waals surface area contributed by atoms with Gasteiger partial charge in [-0.2, -0.15) is 0 Å². The first kappa shape index (κ1) is 11.7. The van der Waals surface area contributed by atoms with E-state index in [1.54, 1.807) is 0 Å². The van der Waals surface area contributed by atoms with Crippen molar-refractivity contribution in [3.8, 4) is 0 Å². The Hall–Kier alpha value is -0.740. The van der Waals surface area contributed by atoms with Gasteiger partial charge in [0.2, 0.25) is 0 Å². The molecule has 0 saturated heterocycles. The van der Waals surface area contributed by atoms with Gasteiger partial charge in [0.1, 0.15) is 0 Å². The van der Waals surface area contributed by atoms with Crippen molar-refractivity contribution in [3.05, 3.63) is 22.7 Å². The summed E-state index contributed by atoms with van der Waals surface area (Å²) in [5.74, 6) is 0.568. The van der Waals surface area contributed by atoms with E-state index in [2.05, 4.69) is 21.2 Å². The lowest BCUT2D eigenvalue weighted by Crippen LogP contribution is -2.13. The number of nitrogens with two attached hydrogens (primary N) is 1. The fourth-order valence-corrected chi connectivity index (χ4v) is 2.56. The van der Waals surface area contributed by atoms with Gasteiger partial charge >= 0.3 is 0 Å². The fraction of sp³-hybridized carbons (Fsp3) is 0.500. The second-order valence-electron chi connectivity index (χ2n) is 4.45. The van der Waals surface area contributed by atoms with Gasteiger partial charge in [0, 0.05) is 11.0 Å². The molecule has 1 fully saturated rings. The predicted molar refractivity (Wildman–Crippen MR) is 70.4 cm³/mol. The molecule has 4 heteroatoms. The third kappa shape index (κ3) is 2.89.